The first kappa shape index (κ1) is 17.9. The molecule has 4 aromatic rings. The lowest BCUT2D eigenvalue weighted by atomic mass is 9.97. The number of hydrogen-bond donors (Lipinski definition) is 0. The third-order valence-electron chi connectivity index (χ3n) is 5.37. The summed E-state index contributed by atoms with van der Waals surface area (Å²) < 4.78 is 3.36. The number of piperidine rings is 1. The summed E-state index contributed by atoms with van der Waals surface area (Å²) in [6.07, 6.45) is 5.66. The predicted octanol–water partition coefficient (Wildman–Crippen LogP) is 3.31. The van der Waals surface area contributed by atoms with Gasteiger partial charge in [-0.15, -0.1) is 10.2 Å². The lowest BCUT2D eigenvalue weighted by molar-refractivity contribution is 0.487. The van der Waals surface area contributed by atoms with Gasteiger partial charge in [-0.3, -0.25) is 9.20 Å². The van der Waals surface area contributed by atoms with Crippen LogP contribution in [0, 0.1) is 0 Å². The highest BCUT2D eigenvalue weighted by Crippen LogP contribution is 2.31. The first-order valence-corrected chi connectivity index (χ1v) is 9.98. The monoisotopic (exact) mass is 406 g/mol. The molecule has 3 aromatic heterocycles. The van der Waals surface area contributed by atoms with Gasteiger partial charge in [0.15, 0.2) is 5.65 Å². The summed E-state index contributed by atoms with van der Waals surface area (Å²) in [5.74, 6) is 1.14. The minimum atomic E-state index is -0.314. The van der Waals surface area contributed by atoms with Gasteiger partial charge >= 0.3 is 0 Å². The minimum Gasteiger partial charge on any atom is -0.368 e. The van der Waals surface area contributed by atoms with Crippen LogP contribution >= 0.6 is 11.6 Å². The van der Waals surface area contributed by atoms with Gasteiger partial charge in [0, 0.05) is 25.2 Å². The first-order chi connectivity index (χ1) is 14.2. The van der Waals surface area contributed by atoms with Gasteiger partial charge in [-0.1, -0.05) is 35.9 Å². The fraction of sp³-hybridized carbons (Fsp3) is 0.238. The maximum Gasteiger partial charge on any atom is 0.292 e. The van der Waals surface area contributed by atoms with E-state index < -0.39 is 0 Å². The smallest absolute Gasteiger partial charge is 0.292 e. The molecule has 8 heteroatoms. The molecular weight excluding hydrogens is 388 g/mol. The van der Waals surface area contributed by atoms with Crippen molar-refractivity contribution in [3.8, 4) is 5.69 Å². The van der Waals surface area contributed by atoms with E-state index in [9.17, 15) is 4.79 Å². The molecule has 1 fully saturated rings. The van der Waals surface area contributed by atoms with Crippen LogP contribution in [0.4, 0.5) is 5.69 Å². The van der Waals surface area contributed by atoms with Crippen LogP contribution in [0.1, 0.15) is 24.6 Å². The Morgan fingerprint density at radius 3 is 2.72 bits per heavy atom. The zero-order chi connectivity index (χ0) is 19.8. The number of hydrogen-bond acceptors (Lipinski definition) is 5. The molecule has 0 spiro atoms. The molecule has 4 heterocycles. The van der Waals surface area contributed by atoms with Crippen LogP contribution in [-0.2, 0) is 0 Å². The van der Waals surface area contributed by atoms with Crippen molar-refractivity contribution >= 4 is 22.9 Å². The Labute approximate surface area is 172 Å². The molecule has 5 rings (SSSR count). The molecule has 1 unspecified atom stereocenters. The van der Waals surface area contributed by atoms with Gasteiger partial charge in [-0.05, 0) is 37.1 Å². The number of pyridine rings is 1. The fourth-order valence-corrected chi connectivity index (χ4v) is 4.19. The maximum absolute atomic E-state index is 12.8. The van der Waals surface area contributed by atoms with Crippen molar-refractivity contribution in [1.82, 2.24) is 24.4 Å². The van der Waals surface area contributed by atoms with Crippen molar-refractivity contribution in [3.63, 3.8) is 0 Å². The lowest BCUT2D eigenvalue weighted by Crippen LogP contribution is -2.37. The number of rotatable bonds is 3. The van der Waals surface area contributed by atoms with Gasteiger partial charge in [-0.2, -0.15) is 9.78 Å². The largest absolute Gasteiger partial charge is 0.368 e. The topological polar surface area (TPSA) is 68.3 Å². The molecule has 0 saturated carbocycles. The fourth-order valence-electron chi connectivity index (χ4n) is 3.94. The zero-order valence-electron chi connectivity index (χ0n) is 15.6. The number of halogens is 1. The molecule has 29 heavy (non-hydrogen) atoms. The molecule has 1 aromatic carbocycles. The molecule has 1 atom stereocenters. The average Bonchev–Trinajstić information content (AvgIpc) is 3.20. The Hall–Kier alpha value is -3.19. The van der Waals surface area contributed by atoms with E-state index in [2.05, 4.69) is 20.2 Å². The number of anilines is 1. The van der Waals surface area contributed by atoms with Crippen molar-refractivity contribution in [1.29, 1.82) is 0 Å². The van der Waals surface area contributed by atoms with Crippen LogP contribution in [0.2, 0.25) is 5.02 Å². The molecule has 1 saturated heterocycles. The third-order valence-corrected chi connectivity index (χ3v) is 5.72. The summed E-state index contributed by atoms with van der Waals surface area (Å²) in [5, 5.41) is 13.2. The Morgan fingerprint density at radius 2 is 1.86 bits per heavy atom. The predicted molar refractivity (Wildman–Crippen MR) is 112 cm³/mol. The molecule has 0 N–H and O–H groups in total. The normalized spacial score (nSPS) is 17.0. The van der Waals surface area contributed by atoms with Gasteiger partial charge in [0.25, 0.3) is 5.56 Å². The van der Waals surface area contributed by atoms with Crippen molar-refractivity contribution in [2.75, 3.05) is 18.0 Å². The van der Waals surface area contributed by atoms with E-state index in [1.54, 1.807) is 6.20 Å². The SMILES string of the molecule is O=c1c(Cl)c(N2CCCC(c3nnc4ccccn34)C2)cnn1-c1ccccc1. The lowest BCUT2D eigenvalue weighted by Gasteiger charge is -2.33. The van der Waals surface area contributed by atoms with E-state index in [1.165, 1.54) is 4.68 Å². The highest BCUT2D eigenvalue weighted by Gasteiger charge is 2.27. The molecule has 0 aliphatic carbocycles. The van der Waals surface area contributed by atoms with Crippen LogP contribution in [-0.4, -0.2) is 37.5 Å². The highest BCUT2D eigenvalue weighted by atomic mass is 35.5. The number of fused-ring (bicyclic) bond motifs is 1. The number of nitrogens with zero attached hydrogens (tertiary/aromatic N) is 6. The van der Waals surface area contributed by atoms with Crippen LogP contribution in [0.3, 0.4) is 0 Å². The van der Waals surface area contributed by atoms with Gasteiger partial charge < -0.3 is 4.90 Å². The van der Waals surface area contributed by atoms with E-state index in [0.717, 1.165) is 30.9 Å². The van der Waals surface area contributed by atoms with Gasteiger partial charge in [0.05, 0.1) is 17.6 Å². The Morgan fingerprint density at radius 1 is 1.03 bits per heavy atom. The average molecular weight is 407 g/mol. The second-order valence-corrected chi connectivity index (χ2v) is 7.55. The third kappa shape index (κ3) is 3.17. The first-order valence-electron chi connectivity index (χ1n) is 9.60. The summed E-state index contributed by atoms with van der Waals surface area (Å²) in [7, 11) is 0. The second-order valence-electron chi connectivity index (χ2n) is 7.17. The minimum absolute atomic E-state index is 0.190. The standard InChI is InChI=1S/C21H19ClN6O/c22-19-17(13-23-28(21(19)29)16-8-2-1-3-9-16)26-11-6-7-15(14-26)20-25-24-18-10-4-5-12-27(18)20/h1-5,8-10,12-13,15H,6-7,11,14H2. The maximum atomic E-state index is 12.8. The van der Waals surface area contributed by atoms with Crippen molar-refractivity contribution in [3.05, 3.63) is 82.1 Å². The molecule has 1 aliphatic rings. The number of benzene rings is 1. The van der Waals surface area contributed by atoms with Crippen molar-refractivity contribution in [2.24, 2.45) is 0 Å². The van der Waals surface area contributed by atoms with E-state index in [-0.39, 0.29) is 16.5 Å². The Bertz CT molecular complexity index is 1220. The summed E-state index contributed by atoms with van der Waals surface area (Å²) in [6, 6.07) is 15.2. The van der Waals surface area contributed by atoms with E-state index >= 15 is 0 Å². The highest BCUT2D eigenvalue weighted by molar-refractivity contribution is 6.33. The van der Waals surface area contributed by atoms with E-state index in [1.807, 2.05) is 59.1 Å². The molecule has 146 valence electrons. The Kier molecular flexibility index (Phi) is 4.52. The summed E-state index contributed by atoms with van der Waals surface area (Å²) >= 11 is 6.50. The van der Waals surface area contributed by atoms with Gasteiger partial charge in [0.1, 0.15) is 10.8 Å². The quantitative estimate of drug-likeness (QED) is 0.522. The van der Waals surface area contributed by atoms with Crippen molar-refractivity contribution in [2.45, 2.75) is 18.8 Å². The van der Waals surface area contributed by atoms with Gasteiger partial charge in [-0.25, -0.2) is 0 Å². The molecule has 0 radical (unpaired) electrons. The molecule has 1 aliphatic heterocycles. The van der Waals surface area contributed by atoms with Crippen LogP contribution in [0.25, 0.3) is 11.3 Å². The summed E-state index contributed by atoms with van der Waals surface area (Å²) in [6.45, 7) is 1.54. The zero-order valence-corrected chi connectivity index (χ0v) is 16.4. The second kappa shape index (κ2) is 7.33. The molecule has 0 bridgehead atoms. The van der Waals surface area contributed by atoms with Crippen molar-refractivity contribution < 1.29 is 0 Å². The van der Waals surface area contributed by atoms with Crippen LogP contribution in [0.5, 0.6) is 0 Å². The molecule has 0 amide bonds. The summed E-state index contributed by atoms with van der Waals surface area (Å²) in [5.41, 5.74) is 1.88. The molecular formula is C21H19ClN6O. The van der Waals surface area contributed by atoms with Crippen LogP contribution < -0.4 is 10.5 Å². The van der Waals surface area contributed by atoms with E-state index in [0.29, 0.717) is 17.9 Å². The summed E-state index contributed by atoms with van der Waals surface area (Å²) in [4.78, 5) is 15.0. The van der Waals surface area contributed by atoms with Gasteiger partial charge in [0.2, 0.25) is 0 Å². The number of aromatic nitrogens is 5. The van der Waals surface area contributed by atoms with E-state index in [4.69, 9.17) is 11.6 Å². The van der Waals surface area contributed by atoms with Crippen LogP contribution in [0.15, 0.2) is 65.7 Å². The Balaban J connectivity index is 1.47. The molecule has 7 nitrogen and oxygen atoms in total. The number of para-hydroxylation sites is 1.